The van der Waals surface area contributed by atoms with Crippen molar-refractivity contribution in [3.05, 3.63) is 24.3 Å². The van der Waals surface area contributed by atoms with Gasteiger partial charge in [0.05, 0.1) is 11.0 Å². The summed E-state index contributed by atoms with van der Waals surface area (Å²) in [4.78, 5) is 15.6. The second-order valence-corrected chi connectivity index (χ2v) is 3.81. The average Bonchev–Trinajstić information content (AvgIpc) is 2.69. The minimum Gasteiger partial charge on any atom is -0.480 e. The van der Waals surface area contributed by atoms with E-state index in [1.54, 1.807) is 11.6 Å². The maximum atomic E-state index is 11.3. The van der Waals surface area contributed by atoms with Gasteiger partial charge in [0.15, 0.2) is 0 Å². The number of hydrogen-bond acceptors (Lipinski definition) is 3. The highest BCUT2D eigenvalue weighted by Gasteiger charge is 2.22. The number of fused-ring (bicyclic) bond motifs is 1. The quantitative estimate of drug-likeness (QED) is 0.848. The molecule has 5 nitrogen and oxygen atoms in total. The highest BCUT2D eigenvalue weighted by Crippen LogP contribution is 2.26. The normalized spacial score (nSPS) is 12.6. The molecule has 5 heteroatoms. The molecule has 0 amide bonds. The van der Waals surface area contributed by atoms with Gasteiger partial charge in [0.1, 0.15) is 6.04 Å². The summed E-state index contributed by atoms with van der Waals surface area (Å²) in [6, 6.07) is 6.94. The van der Waals surface area contributed by atoms with Crippen LogP contribution < -0.4 is 5.32 Å². The lowest BCUT2D eigenvalue weighted by atomic mass is 10.2. The van der Waals surface area contributed by atoms with Crippen LogP contribution in [0.5, 0.6) is 0 Å². The molecule has 1 aromatic heterocycles. The van der Waals surface area contributed by atoms with Crippen LogP contribution in [0.15, 0.2) is 24.3 Å². The Kier molecular flexibility index (Phi) is 2.99. The van der Waals surface area contributed by atoms with Gasteiger partial charge >= 0.3 is 5.97 Å². The fourth-order valence-electron chi connectivity index (χ4n) is 2.00. The van der Waals surface area contributed by atoms with E-state index in [1.165, 1.54) is 0 Å². The van der Waals surface area contributed by atoms with Gasteiger partial charge in [-0.05, 0) is 18.6 Å². The number of carboxylic acids is 1. The first-order valence-electron chi connectivity index (χ1n) is 5.56. The number of anilines is 1. The molecule has 0 fully saturated rings. The molecule has 0 aliphatic carbocycles. The minimum atomic E-state index is -0.841. The summed E-state index contributed by atoms with van der Waals surface area (Å²) in [5.74, 6) is -0.257. The number of nitrogens with one attached hydrogen (secondary N) is 1. The van der Waals surface area contributed by atoms with Crippen molar-refractivity contribution >= 4 is 23.0 Å². The monoisotopic (exact) mass is 233 g/mol. The Bertz CT molecular complexity index is 548. The third kappa shape index (κ3) is 1.84. The molecule has 0 saturated carbocycles. The van der Waals surface area contributed by atoms with Gasteiger partial charge in [0.2, 0.25) is 5.95 Å². The largest absolute Gasteiger partial charge is 0.480 e. The molecule has 1 aromatic carbocycles. The van der Waals surface area contributed by atoms with E-state index in [4.69, 9.17) is 0 Å². The number of aliphatic carboxylic acids is 1. The Morgan fingerprint density at radius 1 is 1.53 bits per heavy atom. The van der Waals surface area contributed by atoms with Crippen molar-refractivity contribution in [3.8, 4) is 0 Å². The smallest absolute Gasteiger partial charge is 0.326 e. The van der Waals surface area contributed by atoms with Gasteiger partial charge in [0.25, 0.3) is 0 Å². The SMILES string of the molecule is CCC(C(=O)O)n1c(NC)nc2ccccc21. The minimum absolute atomic E-state index is 0.518. The van der Waals surface area contributed by atoms with Crippen LogP contribution >= 0.6 is 0 Å². The Morgan fingerprint density at radius 2 is 2.24 bits per heavy atom. The topological polar surface area (TPSA) is 67.2 Å². The van der Waals surface area contributed by atoms with Crippen LogP contribution in [0.25, 0.3) is 11.0 Å². The molecule has 0 spiro atoms. The predicted molar refractivity (Wildman–Crippen MR) is 66.2 cm³/mol. The molecule has 0 radical (unpaired) electrons. The maximum Gasteiger partial charge on any atom is 0.326 e. The highest BCUT2D eigenvalue weighted by atomic mass is 16.4. The summed E-state index contributed by atoms with van der Waals surface area (Å²) in [5.41, 5.74) is 1.64. The highest BCUT2D eigenvalue weighted by molar-refractivity contribution is 5.82. The number of rotatable bonds is 4. The van der Waals surface area contributed by atoms with E-state index in [0.29, 0.717) is 12.4 Å². The van der Waals surface area contributed by atoms with Gasteiger partial charge in [0, 0.05) is 7.05 Å². The lowest BCUT2D eigenvalue weighted by Gasteiger charge is -2.15. The summed E-state index contributed by atoms with van der Waals surface area (Å²) in [6.07, 6.45) is 0.518. The van der Waals surface area contributed by atoms with E-state index in [9.17, 15) is 9.90 Å². The number of carbonyl (C=O) groups is 1. The number of hydrogen-bond donors (Lipinski definition) is 2. The zero-order valence-corrected chi connectivity index (χ0v) is 9.84. The molecular formula is C12H15N3O2. The number of benzene rings is 1. The lowest BCUT2D eigenvalue weighted by molar-refractivity contribution is -0.140. The van der Waals surface area contributed by atoms with E-state index >= 15 is 0 Å². The van der Waals surface area contributed by atoms with Crippen molar-refractivity contribution in [3.63, 3.8) is 0 Å². The van der Waals surface area contributed by atoms with Crippen molar-refractivity contribution in [1.82, 2.24) is 9.55 Å². The molecule has 2 rings (SSSR count). The second-order valence-electron chi connectivity index (χ2n) is 3.81. The van der Waals surface area contributed by atoms with Gasteiger partial charge < -0.3 is 10.4 Å². The number of para-hydroxylation sites is 2. The molecular weight excluding hydrogens is 218 g/mol. The van der Waals surface area contributed by atoms with Gasteiger partial charge in [-0.15, -0.1) is 0 Å². The third-order valence-electron chi connectivity index (χ3n) is 2.80. The maximum absolute atomic E-state index is 11.3. The zero-order chi connectivity index (χ0) is 12.4. The van der Waals surface area contributed by atoms with Gasteiger partial charge in [-0.3, -0.25) is 4.57 Å². The molecule has 2 aromatic rings. The Morgan fingerprint density at radius 3 is 2.82 bits per heavy atom. The van der Waals surface area contributed by atoms with E-state index in [-0.39, 0.29) is 0 Å². The van der Waals surface area contributed by atoms with Crippen molar-refractivity contribution in [1.29, 1.82) is 0 Å². The van der Waals surface area contributed by atoms with Gasteiger partial charge in [-0.25, -0.2) is 9.78 Å². The number of carboxylic acid groups (broad SMARTS) is 1. The molecule has 0 bridgehead atoms. The van der Waals surface area contributed by atoms with Crippen LogP contribution in [0.4, 0.5) is 5.95 Å². The van der Waals surface area contributed by atoms with Gasteiger partial charge in [-0.1, -0.05) is 19.1 Å². The molecule has 1 atom stereocenters. The fraction of sp³-hybridized carbons (Fsp3) is 0.333. The molecule has 1 heterocycles. The van der Waals surface area contributed by atoms with Crippen molar-refractivity contribution in [2.45, 2.75) is 19.4 Å². The molecule has 17 heavy (non-hydrogen) atoms. The van der Waals surface area contributed by atoms with Crippen molar-refractivity contribution in [2.24, 2.45) is 0 Å². The Labute approximate surface area is 99.1 Å². The Hall–Kier alpha value is -2.04. The van der Waals surface area contributed by atoms with Crippen LogP contribution in [0.1, 0.15) is 19.4 Å². The lowest BCUT2D eigenvalue weighted by Crippen LogP contribution is -2.19. The fourth-order valence-corrected chi connectivity index (χ4v) is 2.00. The first kappa shape index (κ1) is 11.4. The molecule has 1 unspecified atom stereocenters. The summed E-state index contributed by atoms with van der Waals surface area (Å²) in [7, 11) is 1.74. The first-order valence-corrected chi connectivity index (χ1v) is 5.56. The van der Waals surface area contributed by atoms with E-state index < -0.39 is 12.0 Å². The van der Waals surface area contributed by atoms with Crippen LogP contribution in [0.2, 0.25) is 0 Å². The van der Waals surface area contributed by atoms with Gasteiger partial charge in [-0.2, -0.15) is 0 Å². The van der Waals surface area contributed by atoms with Crippen molar-refractivity contribution in [2.75, 3.05) is 12.4 Å². The number of imidazole rings is 1. The van der Waals surface area contributed by atoms with Crippen LogP contribution in [0.3, 0.4) is 0 Å². The zero-order valence-electron chi connectivity index (χ0n) is 9.84. The molecule has 0 aliphatic heterocycles. The first-order chi connectivity index (χ1) is 8.19. The molecule has 90 valence electrons. The van der Waals surface area contributed by atoms with Crippen molar-refractivity contribution < 1.29 is 9.90 Å². The Balaban J connectivity index is 2.68. The average molecular weight is 233 g/mol. The number of nitrogens with zero attached hydrogens (tertiary/aromatic N) is 2. The van der Waals surface area contributed by atoms with E-state index in [1.807, 2.05) is 31.2 Å². The summed E-state index contributed by atoms with van der Waals surface area (Å²) in [6.45, 7) is 1.85. The second kappa shape index (κ2) is 4.45. The van der Waals surface area contributed by atoms with E-state index in [0.717, 1.165) is 11.0 Å². The predicted octanol–water partition coefficient (Wildman–Crippen LogP) is 2.11. The third-order valence-corrected chi connectivity index (χ3v) is 2.80. The van der Waals surface area contributed by atoms with Crippen LogP contribution in [-0.2, 0) is 4.79 Å². The summed E-state index contributed by atoms with van der Waals surface area (Å²) < 4.78 is 1.73. The van der Waals surface area contributed by atoms with E-state index in [2.05, 4.69) is 10.3 Å². The van der Waals surface area contributed by atoms with Crippen LogP contribution in [-0.4, -0.2) is 27.7 Å². The molecule has 0 saturated heterocycles. The van der Waals surface area contributed by atoms with Crippen LogP contribution in [0, 0.1) is 0 Å². The summed E-state index contributed by atoms with van der Waals surface area (Å²) in [5, 5.41) is 12.2. The molecule has 2 N–H and O–H groups in total. The standard InChI is InChI=1S/C12H15N3O2/c1-3-9(11(16)17)15-10-7-5-4-6-8(10)14-12(15)13-2/h4-7,9H,3H2,1-2H3,(H,13,14)(H,16,17). The molecule has 0 aliphatic rings. The number of aromatic nitrogens is 2. The summed E-state index contributed by atoms with van der Waals surface area (Å²) >= 11 is 0.